The quantitative estimate of drug-likeness (QED) is 0.881. The number of amides is 1. The predicted octanol–water partition coefficient (Wildman–Crippen LogP) is 2.25. The summed E-state index contributed by atoms with van der Waals surface area (Å²) in [4.78, 5) is 18.2. The lowest BCUT2D eigenvalue weighted by molar-refractivity contribution is -0.122. The molecule has 2 rings (SSSR count). The van der Waals surface area contributed by atoms with Gasteiger partial charge in [0.25, 0.3) is 0 Å². The van der Waals surface area contributed by atoms with Crippen LogP contribution in [0.4, 0.5) is 0 Å². The Morgan fingerprint density at radius 3 is 2.95 bits per heavy atom. The zero-order chi connectivity index (χ0) is 13.7. The number of aromatic nitrogens is 1. The molecule has 0 saturated carbocycles. The number of hydrogen-bond donors (Lipinski definition) is 1. The highest BCUT2D eigenvalue weighted by Gasteiger charge is 2.09. The molecule has 2 aromatic rings. The number of hydrogen-bond acceptors (Lipinski definition) is 4. The number of nitrogens with zero attached hydrogens (tertiary/aromatic N) is 2. The molecule has 1 heterocycles. The topological polar surface area (TPSA) is 45.2 Å². The standard InChI is InChI=1S/C14H19N3OS/c1-3-8-15-13(18)9-17(2)10-14-16-11-6-4-5-7-12(11)19-14/h4-7H,3,8-10H2,1-2H3,(H,15,18). The van der Waals surface area contributed by atoms with Crippen molar-refractivity contribution in [3.8, 4) is 0 Å². The van der Waals surface area contributed by atoms with Gasteiger partial charge in [-0.05, 0) is 25.6 Å². The maximum Gasteiger partial charge on any atom is 0.234 e. The van der Waals surface area contributed by atoms with Crippen molar-refractivity contribution in [2.45, 2.75) is 19.9 Å². The van der Waals surface area contributed by atoms with E-state index in [1.807, 2.05) is 37.1 Å². The van der Waals surface area contributed by atoms with Crippen LogP contribution in [0, 0.1) is 0 Å². The normalized spacial score (nSPS) is 11.1. The average molecular weight is 277 g/mol. The number of nitrogens with one attached hydrogen (secondary N) is 1. The molecule has 4 nitrogen and oxygen atoms in total. The summed E-state index contributed by atoms with van der Waals surface area (Å²) in [5.74, 6) is 0.0745. The van der Waals surface area contributed by atoms with Crippen molar-refractivity contribution < 1.29 is 4.79 Å². The molecular formula is C14H19N3OS. The Kier molecular flexibility index (Phi) is 4.87. The van der Waals surface area contributed by atoms with E-state index < -0.39 is 0 Å². The fourth-order valence-electron chi connectivity index (χ4n) is 1.84. The highest BCUT2D eigenvalue weighted by atomic mass is 32.1. The summed E-state index contributed by atoms with van der Waals surface area (Å²) in [6, 6.07) is 8.10. The molecule has 0 aliphatic heterocycles. The molecule has 0 unspecified atom stereocenters. The van der Waals surface area contributed by atoms with Gasteiger partial charge in [0.1, 0.15) is 5.01 Å². The molecular weight excluding hydrogens is 258 g/mol. The second-order valence-electron chi connectivity index (χ2n) is 4.60. The monoisotopic (exact) mass is 277 g/mol. The van der Waals surface area contributed by atoms with Crippen molar-refractivity contribution in [3.63, 3.8) is 0 Å². The van der Waals surface area contributed by atoms with E-state index in [-0.39, 0.29) is 5.91 Å². The lowest BCUT2D eigenvalue weighted by Gasteiger charge is -2.14. The molecule has 1 N–H and O–H groups in total. The molecule has 1 amide bonds. The lowest BCUT2D eigenvalue weighted by atomic mass is 10.3. The Morgan fingerprint density at radius 2 is 2.21 bits per heavy atom. The van der Waals surface area contributed by atoms with Gasteiger partial charge in [-0.3, -0.25) is 9.69 Å². The number of benzene rings is 1. The third-order valence-electron chi connectivity index (χ3n) is 2.73. The molecule has 0 atom stereocenters. The number of thiazole rings is 1. The number of carbonyl (C=O) groups excluding carboxylic acids is 1. The van der Waals surface area contributed by atoms with Gasteiger partial charge in [0.15, 0.2) is 0 Å². The van der Waals surface area contributed by atoms with Gasteiger partial charge in [0.2, 0.25) is 5.91 Å². The van der Waals surface area contributed by atoms with Gasteiger partial charge in [-0.1, -0.05) is 19.1 Å². The Hall–Kier alpha value is -1.46. The van der Waals surface area contributed by atoms with Crippen molar-refractivity contribution in [1.29, 1.82) is 0 Å². The third-order valence-corrected chi connectivity index (χ3v) is 3.75. The molecule has 1 aromatic carbocycles. The number of fused-ring (bicyclic) bond motifs is 1. The molecule has 0 fully saturated rings. The molecule has 0 bridgehead atoms. The summed E-state index contributed by atoms with van der Waals surface area (Å²) in [5, 5.41) is 3.93. The zero-order valence-electron chi connectivity index (χ0n) is 11.3. The first-order valence-electron chi connectivity index (χ1n) is 6.48. The molecule has 0 aliphatic carbocycles. The Bertz CT molecular complexity index is 519. The zero-order valence-corrected chi connectivity index (χ0v) is 12.2. The van der Waals surface area contributed by atoms with Crippen LogP contribution in [0.25, 0.3) is 10.2 Å². The Labute approximate surface area is 117 Å². The molecule has 5 heteroatoms. The molecule has 1 aromatic heterocycles. The number of para-hydroxylation sites is 1. The molecule has 0 radical (unpaired) electrons. The van der Waals surface area contributed by atoms with Crippen LogP contribution in [0.1, 0.15) is 18.4 Å². The first-order valence-corrected chi connectivity index (χ1v) is 7.30. The molecule has 0 aliphatic rings. The van der Waals surface area contributed by atoms with Crippen LogP contribution in [-0.2, 0) is 11.3 Å². The Morgan fingerprint density at radius 1 is 1.42 bits per heavy atom. The van der Waals surface area contributed by atoms with Crippen molar-refractivity contribution >= 4 is 27.5 Å². The SMILES string of the molecule is CCCNC(=O)CN(C)Cc1nc2ccccc2s1. The average Bonchev–Trinajstić information content (AvgIpc) is 2.78. The van der Waals surface area contributed by atoms with Crippen molar-refractivity contribution in [2.75, 3.05) is 20.1 Å². The summed E-state index contributed by atoms with van der Waals surface area (Å²) in [5.41, 5.74) is 1.03. The minimum atomic E-state index is 0.0745. The summed E-state index contributed by atoms with van der Waals surface area (Å²) >= 11 is 1.69. The first kappa shape index (κ1) is 14.0. The van der Waals surface area contributed by atoms with E-state index >= 15 is 0 Å². The van der Waals surface area contributed by atoms with Gasteiger partial charge in [0.05, 0.1) is 23.3 Å². The van der Waals surface area contributed by atoms with Crippen molar-refractivity contribution in [1.82, 2.24) is 15.2 Å². The maximum atomic E-state index is 11.6. The van der Waals surface area contributed by atoms with E-state index in [0.29, 0.717) is 13.1 Å². The Balaban J connectivity index is 1.91. The van der Waals surface area contributed by atoms with E-state index in [1.165, 1.54) is 4.70 Å². The minimum absolute atomic E-state index is 0.0745. The first-order chi connectivity index (χ1) is 9.19. The van der Waals surface area contributed by atoms with Crippen molar-refractivity contribution in [3.05, 3.63) is 29.3 Å². The maximum absolute atomic E-state index is 11.6. The molecule has 0 saturated heterocycles. The van der Waals surface area contributed by atoms with Crippen molar-refractivity contribution in [2.24, 2.45) is 0 Å². The predicted molar refractivity (Wildman–Crippen MR) is 79.3 cm³/mol. The van der Waals surface area contributed by atoms with Crippen LogP contribution in [0.3, 0.4) is 0 Å². The van der Waals surface area contributed by atoms with Gasteiger partial charge < -0.3 is 5.32 Å². The summed E-state index contributed by atoms with van der Waals surface area (Å²) in [7, 11) is 1.94. The van der Waals surface area contributed by atoms with Crippen LogP contribution in [-0.4, -0.2) is 35.9 Å². The van der Waals surface area contributed by atoms with Crippen LogP contribution < -0.4 is 5.32 Å². The minimum Gasteiger partial charge on any atom is -0.355 e. The number of rotatable bonds is 6. The number of likely N-dealkylation sites (N-methyl/N-ethyl adjacent to an activating group) is 1. The third kappa shape index (κ3) is 4.01. The van der Waals surface area contributed by atoms with Gasteiger partial charge in [-0.15, -0.1) is 11.3 Å². The summed E-state index contributed by atoms with van der Waals surface area (Å²) < 4.78 is 1.20. The van der Waals surface area contributed by atoms with Gasteiger partial charge >= 0.3 is 0 Å². The summed E-state index contributed by atoms with van der Waals surface area (Å²) in [6.45, 7) is 3.91. The van der Waals surface area contributed by atoms with E-state index in [2.05, 4.69) is 16.4 Å². The van der Waals surface area contributed by atoms with Crippen LogP contribution in [0.5, 0.6) is 0 Å². The van der Waals surface area contributed by atoms with Gasteiger partial charge in [0, 0.05) is 6.54 Å². The molecule has 102 valence electrons. The van der Waals surface area contributed by atoms with E-state index in [1.54, 1.807) is 11.3 Å². The van der Waals surface area contributed by atoms with E-state index in [0.717, 1.165) is 23.5 Å². The highest BCUT2D eigenvalue weighted by Crippen LogP contribution is 2.22. The fraction of sp³-hybridized carbons (Fsp3) is 0.429. The molecule has 0 spiro atoms. The largest absolute Gasteiger partial charge is 0.355 e. The number of carbonyl (C=O) groups is 1. The van der Waals surface area contributed by atoms with Crippen LogP contribution in [0.2, 0.25) is 0 Å². The summed E-state index contributed by atoms with van der Waals surface area (Å²) in [6.07, 6.45) is 0.966. The van der Waals surface area contributed by atoms with Crippen LogP contribution >= 0.6 is 11.3 Å². The van der Waals surface area contributed by atoms with Gasteiger partial charge in [-0.25, -0.2) is 4.98 Å². The van der Waals surface area contributed by atoms with E-state index in [4.69, 9.17) is 0 Å². The second kappa shape index (κ2) is 6.63. The van der Waals surface area contributed by atoms with Gasteiger partial charge in [-0.2, -0.15) is 0 Å². The fourth-order valence-corrected chi connectivity index (χ4v) is 2.89. The lowest BCUT2D eigenvalue weighted by Crippen LogP contribution is -2.35. The molecule has 19 heavy (non-hydrogen) atoms. The smallest absolute Gasteiger partial charge is 0.234 e. The van der Waals surface area contributed by atoms with E-state index in [9.17, 15) is 4.79 Å². The second-order valence-corrected chi connectivity index (χ2v) is 5.71. The highest BCUT2D eigenvalue weighted by molar-refractivity contribution is 7.18. The van der Waals surface area contributed by atoms with Crippen LogP contribution in [0.15, 0.2) is 24.3 Å².